The Labute approximate surface area is 109 Å². The maximum absolute atomic E-state index is 9.58. The second kappa shape index (κ2) is 7.20. The third-order valence-corrected chi connectivity index (χ3v) is 3.41. The SMILES string of the molecule is OC1CCCC(CNCC#Cc2ccccc2)C1. The van der Waals surface area contributed by atoms with E-state index in [-0.39, 0.29) is 6.10 Å². The van der Waals surface area contributed by atoms with Gasteiger partial charge in [-0.2, -0.15) is 0 Å². The molecule has 0 aliphatic heterocycles. The lowest BCUT2D eigenvalue weighted by Crippen LogP contribution is -2.29. The minimum Gasteiger partial charge on any atom is -0.393 e. The van der Waals surface area contributed by atoms with Crippen molar-refractivity contribution in [1.82, 2.24) is 5.32 Å². The molecule has 2 heteroatoms. The van der Waals surface area contributed by atoms with E-state index in [9.17, 15) is 5.11 Å². The van der Waals surface area contributed by atoms with Gasteiger partial charge in [0.1, 0.15) is 0 Å². The van der Waals surface area contributed by atoms with Crippen molar-refractivity contribution in [1.29, 1.82) is 0 Å². The van der Waals surface area contributed by atoms with Gasteiger partial charge < -0.3 is 10.4 Å². The summed E-state index contributed by atoms with van der Waals surface area (Å²) in [5, 5.41) is 12.9. The molecule has 1 aliphatic carbocycles. The fraction of sp³-hybridized carbons (Fsp3) is 0.500. The molecule has 1 aliphatic rings. The molecule has 1 saturated carbocycles. The molecule has 0 bridgehead atoms. The van der Waals surface area contributed by atoms with Gasteiger partial charge in [-0.25, -0.2) is 0 Å². The molecule has 2 nitrogen and oxygen atoms in total. The van der Waals surface area contributed by atoms with E-state index in [1.165, 1.54) is 6.42 Å². The van der Waals surface area contributed by atoms with E-state index in [0.29, 0.717) is 5.92 Å². The average molecular weight is 243 g/mol. The number of hydrogen-bond acceptors (Lipinski definition) is 2. The quantitative estimate of drug-likeness (QED) is 0.630. The number of nitrogens with one attached hydrogen (secondary N) is 1. The predicted octanol–water partition coefficient (Wildman–Crippen LogP) is 2.18. The van der Waals surface area contributed by atoms with Crippen LogP contribution in [0, 0.1) is 17.8 Å². The van der Waals surface area contributed by atoms with Crippen molar-refractivity contribution in [2.45, 2.75) is 31.8 Å². The Morgan fingerprint density at radius 3 is 2.83 bits per heavy atom. The molecule has 96 valence electrons. The lowest BCUT2D eigenvalue weighted by molar-refractivity contribution is 0.101. The number of aliphatic hydroxyl groups is 1. The molecule has 18 heavy (non-hydrogen) atoms. The molecule has 0 amide bonds. The van der Waals surface area contributed by atoms with Crippen molar-refractivity contribution in [2.24, 2.45) is 5.92 Å². The molecule has 1 aromatic rings. The van der Waals surface area contributed by atoms with Crippen LogP contribution in [0.4, 0.5) is 0 Å². The Kier molecular flexibility index (Phi) is 5.26. The van der Waals surface area contributed by atoms with Gasteiger partial charge in [-0.3, -0.25) is 0 Å². The van der Waals surface area contributed by atoms with Crippen LogP contribution in [-0.2, 0) is 0 Å². The van der Waals surface area contributed by atoms with Crippen molar-refractivity contribution >= 4 is 0 Å². The molecule has 0 spiro atoms. The maximum Gasteiger partial charge on any atom is 0.0580 e. The van der Waals surface area contributed by atoms with Gasteiger partial charge in [0.15, 0.2) is 0 Å². The summed E-state index contributed by atoms with van der Waals surface area (Å²) in [5.41, 5.74) is 1.06. The Hall–Kier alpha value is -1.30. The van der Waals surface area contributed by atoms with Crippen LogP contribution < -0.4 is 5.32 Å². The summed E-state index contributed by atoms with van der Waals surface area (Å²) in [4.78, 5) is 0. The highest BCUT2D eigenvalue weighted by Crippen LogP contribution is 2.23. The zero-order valence-corrected chi connectivity index (χ0v) is 10.7. The van der Waals surface area contributed by atoms with Crippen molar-refractivity contribution < 1.29 is 5.11 Å². The number of rotatable bonds is 3. The van der Waals surface area contributed by atoms with E-state index in [1.807, 2.05) is 30.3 Å². The smallest absolute Gasteiger partial charge is 0.0580 e. The van der Waals surface area contributed by atoms with E-state index in [1.54, 1.807) is 0 Å². The number of hydrogen-bond donors (Lipinski definition) is 2. The zero-order chi connectivity index (χ0) is 12.6. The normalized spacial score (nSPS) is 23.2. The van der Waals surface area contributed by atoms with E-state index in [2.05, 4.69) is 17.2 Å². The summed E-state index contributed by atoms with van der Waals surface area (Å²) in [6.07, 6.45) is 4.23. The van der Waals surface area contributed by atoms with Crippen LogP contribution in [0.25, 0.3) is 0 Å². The standard InChI is InChI=1S/C16H21NO/c18-16-10-4-8-15(12-16)13-17-11-5-9-14-6-2-1-3-7-14/h1-3,6-7,15-18H,4,8,10-13H2. The zero-order valence-electron chi connectivity index (χ0n) is 10.7. The molecule has 2 rings (SSSR count). The lowest BCUT2D eigenvalue weighted by Gasteiger charge is -2.25. The average Bonchev–Trinajstić information content (AvgIpc) is 2.40. The summed E-state index contributed by atoms with van der Waals surface area (Å²) in [6, 6.07) is 10.0. The van der Waals surface area contributed by atoms with Crippen molar-refractivity contribution in [2.75, 3.05) is 13.1 Å². The first-order chi connectivity index (χ1) is 8.84. The molecule has 2 unspecified atom stereocenters. The van der Waals surface area contributed by atoms with Gasteiger partial charge in [0.25, 0.3) is 0 Å². The fourth-order valence-corrected chi connectivity index (χ4v) is 2.45. The van der Waals surface area contributed by atoms with Crippen LogP contribution in [0.2, 0.25) is 0 Å². The summed E-state index contributed by atoms with van der Waals surface area (Å²) in [6.45, 7) is 1.70. The topological polar surface area (TPSA) is 32.3 Å². The molecule has 2 N–H and O–H groups in total. The van der Waals surface area contributed by atoms with Gasteiger partial charge in [-0.05, 0) is 43.9 Å². The molecular weight excluding hydrogens is 222 g/mol. The van der Waals surface area contributed by atoms with E-state index < -0.39 is 0 Å². The first-order valence-electron chi connectivity index (χ1n) is 6.77. The first-order valence-corrected chi connectivity index (χ1v) is 6.77. The Morgan fingerprint density at radius 2 is 2.06 bits per heavy atom. The summed E-state index contributed by atoms with van der Waals surface area (Å²) in [5.74, 6) is 6.88. The predicted molar refractivity (Wildman–Crippen MR) is 74.2 cm³/mol. The molecule has 1 aromatic carbocycles. The minimum atomic E-state index is -0.0825. The Morgan fingerprint density at radius 1 is 1.22 bits per heavy atom. The third kappa shape index (κ3) is 4.52. The summed E-state index contributed by atoms with van der Waals surface area (Å²) < 4.78 is 0. The molecule has 2 atom stereocenters. The van der Waals surface area contributed by atoms with Gasteiger partial charge in [0, 0.05) is 5.56 Å². The van der Waals surface area contributed by atoms with Crippen LogP contribution in [-0.4, -0.2) is 24.3 Å². The second-order valence-electron chi connectivity index (χ2n) is 4.99. The molecular formula is C16H21NO. The second-order valence-corrected chi connectivity index (χ2v) is 4.99. The third-order valence-electron chi connectivity index (χ3n) is 3.41. The first kappa shape index (κ1) is 13.1. The van der Waals surface area contributed by atoms with Crippen LogP contribution in [0.15, 0.2) is 30.3 Å². The van der Waals surface area contributed by atoms with Gasteiger partial charge >= 0.3 is 0 Å². The highest BCUT2D eigenvalue weighted by Gasteiger charge is 2.19. The molecule has 0 aromatic heterocycles. The highest BCUT2D eigenvalue weighted by atomic mass is 16.3. The fourth-order valence-electron chi connectivity index (χ4n) is 2.45. The van der Waals surface area contributed by atoms with Gasteiger partial charge in [-0.1, -0.05) is 36.5 Å². The summed E-state index contributed by atoms with van der Waals surface area (Å²) in [7, 11) is 0. The van der Waals surface area contributed by atoms with Crippen molar-refractivity contribution in [3.63, 3.8) is 0 Å². The Bertz CT molecular complexity index is 404. The van der Waals surface area contributed by atoms with Crippen LogP contribution in [0.3, 0.4) is 0 Å². The molecule has 1 fully saturated rings. The molecule has 0 saturated heterocycles. The largest absolute Gasteiger partial charge is 0.393 e. The van der Waals surface area contributed by atoms with E-state index in [4.69, 9.17) is 0 Å². The lowest BCUT2D eigenvalue weighted by atomic mass is 9.87. The summed E-state index contributed by atoms with van der Waals surface area (Å²) >= 11 is 0. The van der Waals surface area contributed by atoms with Crippen LogP contribution >= 0.6 is 0 Å². The monoisotopic (exact) mass is 243 g/mol. The van der Waals surface area contributed by atoms with Gasteiger partial charge in [0.05, 0.1) is 12.6 Å². The van der Waals surface area contributed by atoms with Crippen LogP contribution in [0.1, 0.15) is 31.2 Å². The van der Waals surface area contributed by atoms with Crippen LogP contribution in [0.5, 0.6) is 0 Å². The van der Waals surface area contributed by atoms with Crippen molar-refractivity contribution in [3.8, 4) is 11.8 Å². The highest BCUT2D eigenvalue weighted by molar-refractivity contribution is 5.33. The van der Waals surface area contributed by atoms with Gasteiger partial charge in [0.2, 0.25) is 0 Å². The minimum absolute atomic E-state index is 0.0825. The Balaban J connectivity index is 1.66. The maximum atomic E-state index is 9.58. The molecule has 0 heterocycles. The molecule has 0 radical (unpaired) electrons. The number of aliphatic hydroxyl groups excluding tert-OH is 1. The van der Waals surface area contributed by atoms with Crippen molar-refractivity contribution in [3.05, 3.63) is 35.9 Å². The van der Waals surface area contributed by atoms with E-state index in [0.717, 1.165) is 37.9 Å². The van der Waals surface area contributed by atoms with Gasteiger partial charge in [-0.15, -0.1) is 0 Å². The van der Waals surface area contributed by atoms with E-state index >= 15 is 0 Å². The number of benzene rings is 1.